The number of rotatable bonds is 5. The van der Waals surface area contributed by atoms with E-state index in [2.05, 4.69) is 63.1 Å². The van der Waals surface area contributed by atoms with Gasteiger partial charge in [-0.05, 0) is 37.1 Å². The van der Waals surface area contributed by atoms with Crippen LogP contribution in [-0.4, -0.2) is 50.8 Å². The second kappa shape index (κ2) is 7.67. The molecule has 1 aliphatic heterocycles. The van der Waals surface area contributed by atoms with E-state index in [0.717, 1.165) is 61.0 Å². The van der Waals surface area contributed by atoms with Crippen LogP contribution in [0, 0.1) is 0 Å². The van der Waals surface area contributed by atoms with Crippen molar-refractivity contribution in [2.24, 2.45) is 0 Å². The number of aromatic amines is 1. The molecule has 148 valence electrons. The van der Waals surface area contributed by atoms with Gasteiger partial charge in [-0.2, -0.15) is 10.2 Å². The van der Waals surface area contributed by atoms with Crippen molar-refractivity contribution < 1.29 is 4.74 Å². The molecule has 4 aromatic rings. The highest BCUT2D eigenvalue weighted by atomic mass is 16.5. The van der Waals surface area contributed by atoms with Crippen LogP contribution in [0.1, 0.15) is 12.5 Å². The predicted octanol–water partition coefficient (Wildman–Crippen LogP) is 3.29. The van der Waals surface area contributed by atoms with Gasteiger partial charge >= 0.3 is 0 Å². The van der Waals surface area contributed by atoms with Gasteiger partial charge in [-0.25, -0.2) is 4.98 Å². The summed E-state index contributed by atoms with van der Waals surface area (Å²) in [5.74, 6) is 0.969. The Kier molecular flexibility index (Phi) is 4.73. The van der Waals surface area contributed by atoms with Crippen LogP contribution >= 0.6 is 0 Å². The van der Waals surface area contributed by atoms with Gasteiger partial charge in [-0.1, -0.05) is 30.3 Å². The molecule has 1 fully saturated rings. The summed E-state index contributed by atoms with van der Waals surface area (Å²) in [6.07, 6.45) is 2.67. The number of ether oxygens (including phenoxy) is 1. The monoisotopic (exact) mass is 388 g/mol. The summed E-state index contributed by atoms with van der Waals surface area (Å²) in [7, 11) is 0. The van der Waals surface area contributed by atoms with Crippen LogP contribution in [0.5, 0.6) is 0 Å². The normalized spacial score (nSPS) is 17.1. The molecule has 29 heavy (non-hydrogen) atoms. The number of aromatic nitrogens is 5. The minimum atomic E-state index is 0.303. The van der Waals surface area contributed by atoms with Crippen LogP contribution < -0.4 is 4.90 Å². The van der Waals surface area contributed by atoms with Crippen LogP contribution in [0.2, 0.25) is 0 Å². The van der Waals surface area contributed by atoms with Crippen LogP contribution in [-0.2, 0) is 17.7 Å². The molecular formula is C22H24N6O. The minimum absolute atomic E-state index is 0.303. The number of pyridine rings is 1. The highest BCUT2D eigenvalue weighted by molar-refractivity contribution is 5.90. The van der Waals surface area contributed by atoms with Crippen molar-refractivity contribution in [2.45, 2.75) is 25.9 Å². The zero-order valence-electron chi connectivity index (χ0n) is 16.5. The summed E-state index contributed by atoms with van der Waals surface area (Å²) >= 11 is 0. The van der Waals surface area contributed by atoms with Gasteiger partial charge in [-0.15, -0.1) is 0 Å². The van der Waals surface area contributed by atoms with Crippen LogP contribution in [0.4, 0.5) is 5.82 Å². The molecule has 1 atom stereocenters. The lowest BCUT2D eigenvalue weighted by atomic mass is 10.1. The molecule has 7 nitrogen and oxygen atoms in total. The fourth-order valence-electron chi connectivity index (χ4n) is 3.89. The minimum Gasteiger partial charge on any atom is -0.377 e. The molecule has 1 aromatic carbocycles. The van der Waals surface area contributed by atoms with Crippen molar-refractivity contribution >= 4 is 16.9 Å². The third-order valence-electron chi connectivity index (χ3n) is 5.46. The molecule has 1 aliphatic rings. The van der Waals surface area contributed by atoms with Crippen molar-refractivity contribution in [3.05, 3.63) is 60.3 Å². The zero-order chi connectivity index (χ0) is 19.6. The smallest absolute Gasteiger partial charge is 0.136 e. The van der Waals surface area contributed by atoms with Crippen LogP contribution in [0.25, 0.3) is 22.4 Å². The van der Waals surface area contributed by atoms with Gasteiger partial charge in [0.1, 0.15) is 17.0 Å². The van der Waals surface area contributed by atoms with Crippen molar-refractivity contribution in [2.75, 3.05) is 24.7 Å². The molecule has 7 heteroatoms. The van der Waals surface area contributed by atoms with E-state index < -0.39 is 0 Å². The van der Waals surface area contributed by atoms with E-state index in [-0.39, 0.29) is 0 Å². The molecule has 0 radical (unpaired) electrons. The molecular weight excluding hydrogens is 364 g/mol. The molecule has 0 spiro atoms. The fraction of sp³-hybridized carbons (Fsp3) is 0.318. The van der Waals surface area contributed by atoms with Gasteiger partial charge in [0, 0.05) is 19.3 Å². The Morgan fingerprint density at radius 1 is 1.14 bits per heavy atom. The van der Waals surface area contributed by atoms with Gasteiger partial charge in [0.25, 0.3) is 0 Å². The Morgan fingerprint density at radius 3 is 2.83 bits per heavy atom. The first-order chi connectivity index (χ1) is 14.3. The SMILES string of the molecule is C[C@@H]1COCCN1c1ccc2c(n1)c(-c1ccn[nH]1)nn2CCc1ccccc1. The van der Waals surface area contributed by atoms with Gasteiger partial charge in [0.05, 0.1) is 30.5 Å². The summed E-state index contributed by atoms with van der Waals surface area (Å²) in [4.78, 5) is 7.33. The second-order valence-electron chi connectivity index (χ2n) is 7.43. The highest BCUT2D eigenvalue weighted by Gasteiger charge is 2.22. The van der Waals surface area contributed by atoms with E-state index in [1.54, 1.807) is 6.20 Å². The number of morpholine rings is 1. The Bertz CT molecular complexity index is 1090. The second-order valence-corrected chi connectivity index (χ2v) is 7.43. The first-order valence-electron chi connectivity index (χ1n) is 10.1. The van der Waals surface area contributed by atoms with E-state index in [1.165, 1.54) is 5.56 Å². The van der Waals surface area contributed by atoms with Gasteiger partial charge in [-0.3, -0.25) is 9.78 Å². The largest absolute Gasteiger partial charge is 0.377 e. The maximum absolute atomic E-state index is 5.58. The molecule has 0 saturated carbocycles. The topological polar surface area (TPSA) is 71.9 Å². The lowest BCUT2D eigenvalue weighted by Gasteiger charge is -2.34. The standard InChI is InChI=1S/C22H24N6O/c1-16-15-29-14-13-27(16)20-8-7-19-22(24-20)21(18-9-11-23-25-18)26-28(19)12-10-17-5-3-2-4-6-17/h2-9,11,16H,10,12-15H2,1H3,(H,23,25)/t16-/m1/s1. The number of nitrogens with one attached hydrogen (secondary N) is 1. The lowest BCUT2D eigenvalue weighted by molar-refractivity contribution is 0.0986. The van der Waals surface area contributed by atoms with E-state index in [9.17, 15) is 0 Å². The van der Waals surface area contributed by atoms with E-state index in [4.69, 9.17) is 14.8 Å². The molecule has 1 N–H and O–H groups in total. The van der Waals surface area contributed by atoms with Crippen LogP contribution in [0.3, 0.4) is 0 Å². The third-order valence-corrected chi connectivity index (χ3v) is 5.46. The molecule has 0 bridgehead atoms. The number of aryl methyl sites for hydroxylation is 2. The van der Waals surface area contributed by atoms with Crippen molar-refractivity contribution in [3.8, 4) is 11.4 Å². The Morgan fingerprint density at radius 2 is 2.03 bits per heavy atom. The molecule has 0 aliphatic carbocycles. The lowest BCUT2D eigenvalue weighted by Crippen LogP contribution is -2.44. The Hall–Kier alpha value is -3.19. The van der Waals surface area contributed by atoms with E-state index >= 15 is 0 Å². The quantitative estimate of drug-likeness (QED) is 0.568. The van der Waals surface area contributed by atoms with Gasteiger partial charge in [0.2, 0.25) is 0 Å². The van der Waals surface area contributed by atoms with Crippen LogP contribution in [0.15, 0.2) is 54.7 Å². The molecule has 3 aromatic heterocycles. The van der Waals surface area contributed by atoms with Crippen molar-refractivity contribution in [1.82, 2.24) is 25.0 Å². The maximum atomic E-state index is 5.58. The average Bonchev–Trinajstić information content (AvgIpc) is 3.41. The third kappa shape index (κ3) is 3.49. The summed E-state index contributed by atoms with van der Waals surface area (Å²) in [5, 5.41) is 12.0. The summed E-state index contributed by atoms with van der Waals surface area (Å²) < 4.78 is 7.64. The number of fused-ring (bicyclic) bond motifs is 1. The predicted molar refractivity (Wildman–Crippen MR) is 113 cm³/mol. The number of hydrogen-bond acceptors (Lipinski definition) is 5. The number of anilines is 1. The fourth-order valence-corrected chi connectivity index (χ4v) is 3.89. The first-order valence-corrected chi connectivity index (χ1v) is 10.1. The van der Waals surface area contributed by atoms with Gasteiger partial charge in [0.15, 0.2) is 0 Å². The Balaban J connectivity index is 1.54. The van der Waals surface area contributed by atoms with Crippen molar-refractivity contribution in [3.63, 3.8) is 0 Å². The van der Waals surface area contributed by atoms with E-state index in [0.29, 0.717) is 6.04 Å². The van der Waals surface area contributed by atoms with Crippen molar-refractivity contribution in [1.29, 1.82) is 0 Å². The number of hydrogen-bond donors (Lipinski definition) is 1. The molecule has 0 unspecified atom stereocenters. The molecule has 0 amide bonds. The number of H-pyrrole nitrogens is 1. The summed E-state index contributed by atoms with van der Waals surface area (Å²) in [5.41, 5.74) is 4.96. The molecule has 4 heterocycles. The number of nitrogens with zero attached hydrogens (tertiary/aromatic N) is 5. The van der Waals surface area contributed by atoms with Gasteiger partial charge < -0.3 is 9.64 Å². The average molecular weight is 388 g/mol. The zero-order valence-corrected chi connectivity index (χ0v) is 16.5. The number of benzene rings is 1. The summed E-state index contributed by atoms with van der Waals surface area (Å²) in [6.45, 7) is 5.27. The first kappa shape index (κ1) is 17.9. The highest BCUT2D eigenvalue weighted by Crippen LogP contribution is 2.28. The summed E-state index contributed by atoms with van der Waals surface area (Å²) in [6, 6.07) is 17.0. The Labute approximate surface area is 169 Å². The maximum Gasteiger partial charge on any atom is 0.136 e. The molecule has 1 saturated heterocycles. The molecule has 5 rings (SSSR count). The van der Waals surface area contributed by atoms with E-state index in [1.807, 2.05) is 12.1 Å².